The van der Waals surface area contributed by atoms with E-state index in [0.717, 1.165) is 17.5 Å². The van der Waals surface area contributed by atoms with Gasteiger partial charge in [0.05, 0.1) is 22.0 Å². The number of hydrogen-bond acceptors (Lipinski definition) is 4. The maximum Gasteiger partial charge on any atom is 0.265 e. The van der Waals surface area contributed by atoms with Crippen LogP contribution in [0.2, 0.25) is 5.02 Å². The molecule has 4 rings (SSSR count). The maximum absolute atomic E-state index is 14.5. The van der Waals surface area contributed by atoms with Crippen molar-refractivity contribution in [2.75, 3.05) is 6.61 Å². The largest absolute Gasteiger partial charge is 0.491 e. The predicted octanol–water partition coefficient (Wildman–Crippen LogP) is 7.30. The minimum Gasteiger partial charge on any atom is -0.491 e. The summed E-state index contributed by atoms with van der Waals surface area (Å²) >= 11 is 6.46. The molecule has 0 radical (unpaired) electrons. The summed E-state index contributed by atoms with van der Waals surface area (Å²) in [5.74, 6) is 0.926. The van der Waals surface area contributed by atoms with Crippen molar-refractivity contribution < 1.29 is 13.2 Å². The van der Waals surface area contributed by atoms with Gasteiger partial charge in [-0.2, -0.15) is 0 Å². The summed E-state index contributed by atoms with van der Waals surface area (Å²) in [4.78, 5) is 5.42. The molecule has 3 aromatic rings. The van der Waals surface area contributed by atoms with Gasteiger partial charge < -0.3 is 4.74 Å². The maximum atomic E-state index is 14.5. The highest BCUT2D eigenvalue weighted by Gasteiger charge is 2.40. The minimum atomic E-state index is -4.01. The third kappa shape index (κ3) is 6.59. The van der Waals surface area contributed by atoms with Crippen molar-refractivity contribution in [3.8, 4) is 5.75 Å². The average Bonchev–Trinajstić information content (AvgIpc) is 2.95. The van der Waals surface area contributed by atoms with E-state index in [1.165, 1.54) is 4.31 Å². The predicted molar refractivity (Wildman–Crippen MR) is 156 cm³/mol. The molecule has 0 fully saturated rings. The topological polar surface area (TPSA) is 59.0 Å². The monoisotopic (exact) mass is 552 g/mol. The van der Waals surface area contributed by atoms with Crippen LogP contribution in [-0.2, 0) is 16.4 Å². The Morgan fingerprint density at radius 2 is 1.63 bits per heavy atom. The Balaban J connectivity index is 1.98. The quantitative estimate of drug-likeness (QED) is 0.322. The van der Waals surface area contributed by atoms with E-state index in [2.05, 4.69) is 20.8 Å². The van der Waals surface area contributed by atoms with E-state index >= 15 is 0 Å². The van der Waals surface area contributed by atoms with Gasteiger partial charge in [-0.3, -0.25) is 4.99 Å². The van der Waals surface area contributed by atoms with Gasteiger partial charge in [0.2, 0.25) is 0 Å². The summed E-state index contributed by atoms with van der Waals surface area (Å²) in [5.41, 5.74) is 2.00. The summed E-state index contributed by atoms with van der Waals surface area (Å²) in [6.07, 6.45) is 1.22. The first-order valence-electron chi connectivity index (χ1n) is 12.9. The highest BCUT2D eigenvalue weighted by atomic mass is 35.5. The molecule has 202 valence electrons. The molecule has 1 unspecified atom stereocenters. The van der Waals surface area contributed by atoms with Gasteiger partial charge in [0.25, 0.3) is 10.0 Å². The fraction of sp³-hybridized carbons (Fsp3) is 0.387. The lowest BCUT2D eigenvalue weighted by atomic mass is 9.82. The van der Waals surface area contributed by atoms with Crippen LogP contribution in [0.4, 0.5) is 0 Å². The Bertz CT molecular complexity index is 1410. The normalized spacial score (nSPS) is 17.6. The van der Waals surface area contributed by atoms with Crippen LogP contribution >= 0.6 is 11.6 Å². The molecule has 5 nitrogen and oxygen atoms in total. The van der Waals surface area contributed by atoms with Crippen LogP contribution in [0, 0.1) is 12.3 Å². The van der Waals surface area contributed by atoms with Crippen LogP contribution in [0.1, 0.15) is 57.7 Å². The van der Waals surface area contributed by atoms with Crippen molar-refractivity contribution in [3.63, 3.8) is 0 Å². The summed E-state index contributed by atoms with van der Waals surface area (Å²) in [6, 6.07) is 21.6. The summed E-state index contributed by atoms with van der Waals surface area (Å²) in [6.45, 7) is 12.7. The van der Waals surface area contributed by atoms with Crippen molar-refractivity contribution in [2.45, 2.75) is 70.9 Å². The van der Waals surface area contributed by atoms with E-state index < -0.39 is 21.6 Å². The standard InChI is InChI=1S/C31H37ClN2O3S/c1-22-12-15-26(16-13-22)38(35,36)34-25(18-23-10-8-7-9-11-23)20-37-28-17-14-24(32)19-27(28)29(34)33-31(5,6)21-30(2,3)4/h7-17,19,25H,18,20-21H2,1-6H3. The zero-order valence-corrected chi connectivity index (χ0v) is 24.6. The van der Waals surface area contributed by atoms with Gasteiger partial charge >= 0.3 is 0 Å². The molecular weight excluding hydrogens is 516 g/mol. The number of hydrogen-bond donors (Lipinski definition) is 0. The molecule has 0 saturated carbocycles. The molecule has 1 heterocycles. The second-order valence-corrected chi connectivity index (χ2v) is 14.1. The van der Waals surface area contributed by atoms with Crippen LogP contribution in [-0.4, -0.2) is 36.7 Å². The van der Waals surface area contributed by atoms with Crippen LogP contribution in [0.15, 0.2) is 82.7 Å². The van der Waals surface area contributed by atoms with Crippen LogP contribution in [0.3, 0.4) is 0 Å². The molecular formula is C31H37ClN2O3S. The first-order valence-corrected chi connectivity index (χ1v) is 14.7. The van der Waals surface area contributed by atoms with E-state index in [1.807, 2.05) is 63.2 Å². The highest BCUT2D eigenvalue weighted by molar-refractivity contribution is 7.89. The van der Waals surface area contributed by atoms with Crippen molar-refractivity contribution >= 4 is 27.5 Å². The third-order valence-electron chi connectivity index (χ3n) is 6.42. The summed E-state index contributed by atoms with van der Waals surface area (Å²) in [7, 11) is -4.01. The molecule has 0 saturated heterocycles. The smallest absolute Gasteiger partial charge is 0.265 e. The molecule has 0 aromatic heterocycles. The van der Waals surface area contributed by atoms with E-state index in [0.29, 0.717) is 28.6 Å². The number of ether oxygens (including phenoxy) is 1. The molecule has 0 bridgehead atoms. The molecule has 1 aliphatic heterocycles. The summed E-state index contributed by atoms with van der Waals surface area (Å²) in [5, 5.41) is 0.489. The number of benzene rings is 3. The molecule has 38 heavy (non-hydrogen) atoms. The number of amidine groups is 1. The number of rotatable bonds is 6. The summed E-state index contributed by atoms with van der Waals surface area (Å²) < 4.78 is 36.7. The molecule has 0 N–H and O–H groups in total. The van der Waals surface area contributed by atoms with Crippen molar-refractivity contribution in [2.24, 2.45) is 10.4 Å². The minimum absolute atomic E-state index is 0.0178. The number of aliphatic imine (C=N–C) groups is 1. The fourth-order valence-corrected chi connectivity index (χ4v) is 7.02. The fourth-order valence-electron chi connectivity index (χ4n) is 5.24. The molecule has 0 aliphatic carbocycles. The number of sulfonamides is 1. The van der Waals surface area contributed by atoms with Gasteiger partial charge in [-0.05, 0) is 74.9 Å². The molecule has 7 heteroatoms. The molecule has 3 aromatic carbocycles. The van der Waals surface area contributed by atoms with Gasteiger partial charge in [0, 0.05) is 5.02 Å². The lowest BCUT2D eigenvalue weighted by molar-refractivity contribution is 0.247. The molecule has 0 amide bonds. The molecule has 1 aliphatic rings. The number of fused-ring (bicyclic) bond motifs is 1. The van der Waals surface area contributed by atoms with Gasteiger partial charge in [-0.25, -0.2) is 12.7 Å². The number of halogens is 1. The number of aryl methyl sites for hydroxylation is 1. The van der Waals surface area contributed by atoms with Crippen molar-refractivity contribution in [1.29, 1.82) is 0 Å². The highest BCUT2D eigenvalue weighted by Crippen LogP contribution is 2.36. The lowest BCUT2D eigenvalue weighted by Gasteiger charge is -2.35. The van der Waals surface area contributed by atoms with Crippen LogP contribution in [0.5, 0.6) is 5.75 Å². The molecule has 0 spiro atoms. The Morgan fingerprint density at radius 3 is 2.26 bits per heavy atom. The first-order chi connectivity index (χ1) is 17.7. The zero-order chi connectivity index (χ0) is 27.7. The zero-order valence-electron chi connectivity index (χ0n) is 23.0. The van der Waals surface area contributed by atoms with Gasteiger partial charge in [0.15, 0.2) is 0 Å². The third-order valence-corrected chi connectivity index (χ3v) is 8.51. The lowest BCUT2D eigenvalue weighted by Crippen LogP contribution is -2.48. The van der Waals surface area contributed by atoms with Crippen LogP contribution in [0.25, 0.3) is 0 Å². The molecule has 1 atom stereocenters. The van der Waals surface area contributed by atoms with Crippen molar-refractivity contribution in [3.05, 3.63) is 94.5 Å². The number of nitrogens with zero attached hydrogens (tertiary/aromatic N) is 2. The van der Waals surface area contributed by atoms with Gasteiger partial charge in [-0.15, -0.1) is 0 Å². The van der Waals surface area contributed by atoms with E-state index in [-0.39, 0.29) is 16.9 Å². The van der Waals surface area contributed by atoms with Gasteiger partial charge in [0.1, 0.15) is 18.2 Å². The van der Waals surface area contributed by atoms with E-state index in [1.54, 1.807) is 30.3 Å². The first kappa shape index (κ1) is 28.2. The Labute approximate surface area is 232 Å². The SMILES string of the molecule is Cc1ccc(S(=O)(=O)N2C(=NC(C)(C)CC(C)(C)C)c3cc(Cl)ccc3OCC2Cc2ccccc2)cc1. The van der Waals surface area contributed by atoms with Crippen LogP contribution < -0.4 is 4.74 Å². The van der Waals surface area contributed by atoms with E-state index in [9.17, 15) is 8.42 Å². The Hall–Kier alpha value is -2.83. The Morgan fingerprint density at radius 1 is 0.974 bits per heavy atom. The second kappa shape index (κ2) is 10.7. The second-order valence-electron chi connectivity index (χ2n) is 11.9. The average molecular weight is 553 g/mol. The van der Waals surface area contributed by atoms with Crippen molar-refractivity contribution in [1.82, 2.24) is 4.31 Å². The Kier molecular flexibility index (Phi) is 7.96. The van der Waals surface area contributed by atoms with Gasteiger partial charge in [-0.1, -0.05) is 80.4 Å². The van der Waals surface area contributed by atoms with E-state index in [4.69, 9.17) is 21.3 Å².